The first-order valence-electron chi connectivity index (χ1n) is 0.667. The summed E-state index contributed by atoms with van der Waals surface area (Å²) in [4.78, 5) is 0. The Morgan fingerprint density at radius 3 is 1.00 bits per heavy atom. The summed E-state index contributed by atoms with van der Waals surface area (Å²) in [5.41, 5.74) is 0. The maximum absolute atomic E-state index is 8.52. The maximum Gasteiger partial charge on any atom is 1.00 e. The first kappa shape index (κ1) is 16.8. The van der Waals surface area contributed by atoms with E-state index in [0.29, 0.717) is 0 Å². The van der Waals surface area contributed by atoms with Gasteiger partial charge in [0.2, 0.25) is 0 Å². The molecule has 0 N–H and O–H groups in total. The van der Waals surface area contributed by atoms with E-state index >= 15 is 0 Å². The molecule has 0 unspecified atom stereocenters. The minimum absolute atomic E-state index is 0. The molecule has 0 saturated carbocycles. The van der Waals surface area contributed by atoms with Gasteiger partial charge in [-0.25, -0.2) is 0 Å². The Morgan fingerprint density at radius 1 is 1.00 bits per heavy atom. The van der Waals surface area contributed by atoms with Crippen LogP contribution in [0.3, 0.4) is 0 Å². The Labute approximate surface area is 140 Å². The van der Waals surface area contributed by atoms with Crippen LogP contribution in [0, 0.1) is 0 Å². The van der Waals surface area contributed by atoms with Crippen molar-refractivity contribution in [2.45, 2.75) is 0 Å². The van der Waals surface area contributed by atoms with Crippen molar-refractivity contribution in [3.63, 3.8) is 0 Å². The minimum Gasteiger partial charge on any atom is -0.759 e. The first-order chi connectivity index (χ1) is 2.00. The van der Waals surface area contributed by atoms with Crippen LogP contribution >= 0.6 is 0 Å². The van der Waals surface area contributed by atoms with E-state index in [1.807, 2.05) is 0 Å². The van der Waals surface area contributed by atoms with E-state index in [2.05, 4.69) is 0 Å². The van der Waals surface area contributed by atoms with Crippen molar-refractivity contribution < 1.29 is 134 Å². The average Bonchev–Trinajstić information content (AvgIpc) is 0.722. The third kappa shape index (κ3) is 43.8. The van der Waals surface area contributed by atoms with E-state index in [1.54, 1.807) is 0 Å². The van der Waals surface area contributed by atoms with Crippen molar-refractivity contribution >= 4 is 10.4 Å². The van der Waals surface area contributed by atoms with Crippen LogP contribution in [0.1, 0.15) is 0 Å². The van der Waals surface area contributed by atoms with Gasteiger partial charge in [-0.2, -0.15) is 0 Å². The van der Waals surface area contributed by atoms with Gasteiger partial charge in [0.15, 0.2) is 0 Å². The second-order valence-electron chi connectivity index (χ2n) is 0.408. The molecule has 4 nitrogen and oxygen atoms in total. The molecule has 0 rings (SSSR count). The normalized spacial score (nSPS) is 8.29. The van der Waals surface area contributed by atoms with Crippen LogP contribution in [0.4, 0.5) is 0 Å². The molecule has 0 radical (unpaired) electrons. The summed E-state index contributed by atoms with van der Waals surface area (Å²) in [6.45, 7) is 0. The van der Waals surface area contributed by atoms with E-state index in [-0.39, 0.29) is 116 Å². The van der Waals surface area contributed by atoms with Gasteiger partial charge < -0.3 is 9.11 Å². The van der Waals surface area contributed by atoms with Crippen LogP contribution in [0.25, 0.3) is 0 Å². The van der Waals surface area contributed by atoms with E-state index in [9.17, 15) is 0 Å². The quantitative estimate of drug-likeness (QED) is 0.322. The van der Waals surface area contributed by atoms with Gasteiger partial charge in [0, 0.05) is 10.4 Å². The fraction of sp³-hybridized carbons (Fsp3) is 0. The van der Waals surface area contributed by atoms with Gasteiger partial charge in [-0.1, -0.05) is 0 Å². The molecule has 0 atom stereocenters. The fourth-order valence-corrected chi connectivity index (χ4v) is 0. The Balaban J connectivity index is -0.0000000800. The summed E-state index contributed by atoms with van der Waals surface area (Å²) >= 11 is 0. The SMILES string of the molecule is O=S(=O)([O-])[O-].[Rb+].[Rb+]. The monoisotopic (exact) mass is 266 g/mol. The molecule has 0 aromatic heterocycles. The molecular formula is O4Rb2S. The van der Waals surface area contributed by atoms with Gasteiger partial charge >= 0.3 is 116 Å². The molecule has 0 saturated heterocycles. The molecule has 0 amide bonds. The van der Waals surface area contributed by atoms with Crippen LogP contribution in [0.5, 0.6) is 0 Å². The molecule has 7 heavy (non-hydrogen) atoms. The fourth-order valence-electron chi connectivity index (χ4n) is 0. The van der Waals surface area contributed by atoms with E-state index < -0.39 is 10.4 Å². The second kappa shape index (κ2) is 7.59. The average molecular weight is 267 g/mol. The van der Waals surface area contributed by atoms with Crippen LogP contribution in [-0.2, 0) is 10.4 Å². The Kier molecular flexibility index (Phi) is 18.2. The van der Waals surface area contributed by atoms with Crippen molar-refractivity contribution in [1.29, 1.82) is 0 Å². The van der Waals surface area contributed by atoms with Gasteiger partial charge in [-0.05, 0) is 0 Å². The molecule has 0 spiro atoms. The molecule has 0 aromatic carbocycles. The zero-order valence-electron chi connectivity index (χ0n) is 4.04. The molecule has 0 fully saturated rings. The molecule has 0 aliphatic rings. The third-order valence-electron chi connectivity index (χ3n) is 0. The molecule has 0 bridgehead atoms. The standard InChI is InChI=1S/H2O4S.2Rb/c1-5(2,3)4;;/h(H2,1,2,3,4);;/q;2*+1/p-2. The van der Waals surface area contributed by atoms with Crippen LogP contribution < -0.4 is 116 Å². The Bertz CT molecular complexity index is 92.9. The number of hydrogen-bond acceptors (Lipinski definition) is 4. The van der Waals surface area contributed by atoms with E-state index in [0.717, 1.165) is 0 Å². The molecule has 0 heterocycles. The topological polar surface area (TPSA) is 80.3 Å². The van der Waals surface area contributed by atoms with E-state index in [4.69, 9.17) is 17.5 Å². The molecule has 32 valence electrons. The molecule has 0 aromatic rings. The van der Waals surface area contributed by atoms with Crippen LogP contribution in [0.2, 0.25) is 0 Å². The predicted octanol–water partition coefficient (Wildman–Crippen LogP) is -7.33. The third-order valence-corrected chi connectivity index (χ3v) is 0. The Hall–Kier alpha value is 3.48. The summed E-state index contributed by atoms with van der Waals surface area (Å²) in [6, 6.07) is 0. The van der Waals surface area contributed by atoms with Crippen LogP contribution in [0.15, 0.2) is 0 Å². The van der Waals surface area contributed by atoms with Gasteiger partial charge in [0.05, 0.1) is 0 Å². The van der Waals surface area contributed by atoms with Gasteiger partial charge in [-0.3, -0.25) is 8.42 Å². The number of hydrogen-bond donors (Lipinski definition) is 0. The zero-order chi connectivity index (χ0) is 4.50. The minimum atomic E-state index is -5.17. The maximum atomic E-state index is 8.52. The summed E-state index contributed by atoms with van der Waals surface area (Å²) in [6.07, 6.45) is 0. The van der Waals surface area contributed by atoms with E-state index in [1.165, 1.54) is 0 Å². The van der Waals surface area contributed by atoms with Crippen molar-refractivity contribution in [2.24, 2.45) is 0 Å². The smallest absolute Gasteiger partial charge is 0.759 e. The van der Waals surface area contributed by atoms with Gasteiger partial charge in [0.1, 0.15) is 0 Å². The van der Waals surface area contributed by atoms with Crippen molar-refractivity contribution in [3.05, 3.63) is 0 Å². The molecule has 0 aliphatic heterocycles. The molecule has 7 heteroatoms. The van der Waals surface area contributed by atoms with Gasteiger partial charge in [0.25, 0.3) is 0 Å². The molecule has 0 aliphatic carbocycles. The van der Waals surface area contributed by atoms with Crippen LogP contribution in [-0.4, -0.2) is 17.5 Å². The number of rotatable bonds is 0. The largest absolute Gasteiger partial charge is 1.00 e. The summed E-state index contributed by atoms with van der Waals surface area (Å²) in [7, 11) is -5.17. The molecular weight excluding hydrogens is 267 g/mol. The Morgan fingerprint density at radius 2 is 1.00 bits per heavy atom. The summed E-state index contributed by atoms with van der Waals surface area (Å²) in [5.74, 6) is 0. The van der Waals surface area contributed by atoms with Crippen molar-refractivity contribution in [3.8, 4) is 0 Å². The zero-order valence-corrected chi connectivity index (χ0v) is 14.7. The van der Waals surface area contributed by atoms with Crippen molar-refractivity contribution in [2.75, 3.05) is 0 Å². The predicted molar refractivity (Wildman–Crippen MR) is 10.5 cm³/mol. The van der Waals surface area contributed by atoms with Crippen molar-refractivity contribution in [1.82, 2.24) is 0 Å². The summed E-state index contributed by atoms with van der Waals surface area (Å²) < 4.78 is 34.1. The summed E-state index contributed by atoms with van der Waals surface area (Å²) in [5, 5.41) is 0. The van der Waals surface area contributed by atoms with Gasteiger partial charge in [-0.15, -0.1) is 0 Å². The first-order valence-corrected chi connectivity index (χ1v) is 2.00. The second-order valence-corrected chi connectivity index (χ2v) is 1.22.